The lowest BCUT2D eigenvalue weighted by Gasteiger charge is -2.30. The van der Waals surface area contributed by atoms with Crippen LogP contribution in [0, 0.1) is 0 Å². The van der Waals surface area contributed by atoms with E-state index in [1.54, 1.807) is 35.2 Å². The highest BCUT2D eigenvalue weighted by Gasteiger charge is 2.37. The SMILES string of the molecule is O=C(C(CNC(=O)C(F)(F)Cl)c1ccccc1)N1CCOCC1. The number of carbonyl (C=O) groups is 2. The van der Waals surface area contributed by atoms with Crippen molar-refractivity contribution in [1.82, 2.24) is 10.2 Å². The number of benzene rings is 1. The lowest BCUT2D eigenvalue weighted by molar-refractivity contribution is -0.138. The van der Waals surface area contributed by atoms with Gasteiger partial charge in [0.2, 0.25) is 5.91 Å². The van der Waals surface area contributed by atoms with Gasteiger partial charge in [-0.25, -0.2) is 0 Å². The Hall–Kier alpha value is -1.73. The molecule has 8 heteroatoms. The molecule has 0 radical (unpaired) electrons. The van der Waals surface area contributed by atoms with Crippen LogP contribution in [-0.4, -0.2) is 54.9 Å². The van der Waals surface area contributed by atoms with Gasteiger partial charge in [0.25, 0.3) is 0 Å². The monoisotopic (exact) mass is 346 g/mol. The average Bonchev–Trinajstić information content (AvgIpc) is 2.55. The van der Waals surface area contributed by atoms with Crippen molar-refractivity contribution in [2.75, 3.05) is 32.8 Å². The zero-order chi connectivity index (χ0) is 16.9. The van der Waals surface area contributed by atoms with E-state index in [1.165, 1.54) is 0 Å². The zero-order valence-corrected chi connectivity index (χ0v) is 13.1. The summed E-state index contributed by atoms with van der Waals surface area (Å²) in [7, 11) is 0. The second-order valence-electron chi connectivity index (χ2n) is 5.11. The van der Waals surface area contributed by atoms with Gasteiger partial charge in [-0.15, -0.1) is 0 Å². The van der Waals surface area contributed by atoms with Gasteiger partial charge in [0.15, 0.2) is 0 Å². The van der Waals surface area contributed by atoms with E-state index >= 15 is 0 Å². The minimum atomic E-state index is -4.00. The summed E-state index contributed by atoms with van der Waals surface area (Å²) in [6, 6.07) is 8.70. The molecule has 2 amide bonds. The van der Waals surface area contributed by atoms with Crippen LogP contribution in [0.15, 0.2) is 30.3 Å². The van der Waals surface area contributed by atoms with Gasteiger partial charge in [-0.1, -0.05) is 30.3 Å². The molecule has 23 heavy (non-hydrogen) atoms. The van der Waals surface area contributed by atoms with Crippen LogP contribution in [0.2, 0.25) is 0 Å². The van der Waals surface area contributed by atoms with Crippen molar-refractivity contribution in [3.63, 3.8) is 0 Å². The summed E-state index contributed by atoms with van der Waals surface area (Å²) >= 11 is 4.68. The first-order valence-corrected chi connectivity index (χ1v) is 7.54. The highest BCUT2D eigenvalue weighted by atomic mass is 35.5. The Balaban J connectivity index is 2.12. The molecule has 1 fully saturated rings. The van der Waals surface area contributed by atoms with Crippen molar-refractivity contribution in [1.29, 1.82) is 0 Å². The number of morpholine rings is 1. The van der Waals surface area contributed by atoms with Crippen molar-refractivity contribution in [2.45, 2.75) is 11.3 Å². The lowest BCUT2D eigenvalue weighted by atomic mass is 9.97. The van der Waals surface area contributed by atoms with Gasteiger partial charge < -0.3 is 15.0 Å². The number of carbonyl (C=O) groups excluding carboxylic acids is 2. The molecule has 1 saturated heterocycles. The molecule has 126 valence electrons. The Labute approximate surface area is 137 Å². The van der Waals surface area contributed by atoms with E-state index < -0.39 is 17.2 Å². The van der Waals surface area contributed by atoms with Gasteiger partial charge in [0.05, 0.1) is 19.1 Å². The predicted octanol–water partition coefficient (Wildman–Crippen LogP) is 1.58. The zero-order valence-electron chi connectivity index (χ0n) is 12.3. The molecule has 0 saturated carbocycles. The topological polar surface area (TPSA) is 58.6 Å². The first-order chi connectivity index (χ1) is 10.9. The maximum atomic E-state index is 12.8. The molecule has 0 aliphatic carbocycles. The van der Waals surface area contributed by atoms with Crippen LogP contribution in [0.5, 0.6) is 0 Å². The van der Waals surface area contributed by atoms with Gasteiger partial charge in [-0.05, 0) is 17.2 Å². The van der Waals surface area contributed by atoms with Crippen molar-refractivity contribution in [3.8, 4) is 0 Å². The Kier molecular flexibility index (Phi) is 5.90. The van der Waals surface area contributed by atoms with E-state index in [0.717, 1.165) is 0 Å². The summed E-state index contributed by atoms with van der Waals surface area (Å²) < 4.78 is 30.7. The number of nitrogens with zero attached hydrogens (tertiary/aromatic N) is 1. The summed E-state index contributed by atoms with van der Waals surface area (Å²) in [5, 5.41) is -1.96. The third kappa shape index (κ3) is 4.87. The molecule has 1 N–H and O–H groups in total. The van der Waals surface area contributed by atoms with Crippen LogP contribution < -0.4 is 5.32 Å². The van der Waals surface area contributed by atoms with Crippen LogP contribution in [-0.2, 0) is 14.3 Å². The predicted molar refractivity (Wildman–Crippen MR) is 80.4 cm³/mol. The maximum absolute atomic E-state index is 12.8. The van der Waals surface area contributed by atoms with Crippen LogP contribution >= 0.6 is 11.6 Å². The second-order valence-corrected chi connectivity index (χ2v) is 5.58. The van der Waals surface area contributed by atoms with E-state index in [9.17, 15) is 18.4 Å². The number of alkyl halides is 3. The third-order valence-electron chi connectivity index (χ3n) is 3.55. The van der Waals surface area contributed by atoms with Gasteiger partial charge in [0.1, 0.15) is 0 Å². The molecule has 0 bridgehead atoms. The van der Waals surface area contributed by atoms with E-state index in [0.29, 0.717) is 31.9 Å². The molecule has 1 atom stereocenters. The Morgan fingerprint density at radius 3 is 2.43 bits per heavy atom. The number of halogens is 3. The fourth-order valence-corrected chi connectivity index (χ4v) is 2.40. The molecule has 1 heterocycles. The number of rotatable bonds is 5. The standard InChI is InChI=1S/C15H17ClF2N2O3/c16-15(17,18)14(22)19-10-12(11-4-2-1-3-5-11)13(21)20-6-8-23-9-7-20/h1-5,12H,6-10H2,(H,19,22). The van der Waals surface area contributed by atoms with E-state index in [-0.39, 0.29) is 12.5 Å². The maximum Gasteiger partial charge on any atom is 0.399 e. The van der Waals surface area contributed by atoms with Crippen molar-refractivity contribution in [2.24, 2.45) is 0 Å². The average molecular weight is 347 g/mol. The summed E-state index contributed by atoms with van der Waals surface area (Å²) in [5.41, 5.74) is 0.641. The lowest BCUT2D eigenvalue weighted by Crippen LogP contribution is -2.46. The Morgan fingerprint density at radius 2 is 1.87 bits per heavy atom. The first-order valence-electron chi connectivity index (χ1n) is 7.16. The molecule has 5 nitrogen and oxygen atoms in total. The number of hydrogen-bond acceptors (Lipinski definition) is 3. The van der Waals surface area contributed by atoms with Crippen LogP contribution in [0.25, 0.3) is 0 Å². The normalized spacial score (nSPS) is 16.7. The minimum absolute atomic E-state index is 0.238. The smallest absolute Gasteiger partial charge is 0.378 e. The molecule has 0 aromatic heterocycles. The first kappa shape index (κ1) is 17.6. The van der Waals surface area contributed by atoms with Gasteiger partial charge >= 0.3 is 11.3 Å². The molecular weight excluding hydrogens is 330 g/mol. The quantitative estimate of drug-likeness (QED) is 0.823. The molecule has 1 aromatic rings. The van der Waals surface area contributed by atoms with Gasteiger partial charge in [-0.2, -0.15) is 8.78 Å². The van der Waals surface area contributed by atoms with Crippen LogP contribution in [0.1, 0.15) is 11.5 Å². The summed E-state index contributed by atoms with van der Waals surface area (Å²) in [6.45, 7) is 1.48. The minimum Gasteiger partial charge on any atom is -0.378 e. The number of hydrogen-bond donors (Lipinski definition) is 1. The number of nitrogens with one attached hydrogen (secondary N) is 1. The third-order valence-corrected chi connectivity index (χ3v) is 3.72. The molecule has 0 spiro atoms. The van der Waals surface area contributed by atoms with Crippen molar-refractivity contribution < 1.29 is 23.1 Å². The largest absolute Gasteiger partial charge is 0.399 e. The molecule has 1 unspecified atom stereocenters. The highest BCUT2D eigenvalue weighted by molar-refractivity contribution is 6.32. The van der Waals surface area contributed by atoms with Crippen molar-refractivity contribution in [3.05, 3.63) is 35.9 Å². The summed E-state index contributed by atoms with van der Waals surface area (Å²) in [4.78, 5) is 25.5. The highest BCUT2D eigenvalue weighted by Crippen LogP contribution is 2.21. The fraction of sp³-hybridized carbons (Fsp3) is 0.467. The molecular formula is C15H17ClF2N2O3. The fourth-order valence-electron chi connectivity index (χ4n) is 2.33. The van der Waals surface area contributed by atoms with Crippen LogP contribution in [0.4, 0.5) is 8.78 Å². The van der Waals surface area contributed by atoms with E-state index in [1.807, 2.05) is 5.32 Å². The van der Waals surface area contributed by atoms with Crippen molar-refractivity contribution >= 4 is 23.4 Å². The number of ether oxygens (including phenoxy) is 1. The second kappa shape index (κ2) is 7.70. The Morgan fingerprint density at radius 1 is 1.26 bits per heavy atom. The van der Waals surface area contributed by atoms with Crippen LogP contribution in [0.3, 0.4) is 0 Å². The molecule has 1 aromatic carbocycles. The van der Waals surface area contributed by atoms with E-state index in [2.05, 4.69) is 11.6 Å². The van der Waals surface area contributed by atoms with Gasteiger partial charge in [0, 0.05) is 19.6 Å². The molecule has 1 aliphatic rings. The van der Waals surface area contributed by atoms with Gasteiger partial charge in [-0.3, -0.25) is 9.59 Å². The Bertz CT molecular complexity index is 545. The molecule has 2 rings (SSSR count). The van der Waals surface area contributed by atoms with E-state index in [4.69, 9.17) is 4.74 Å². The summed E-state index contributed by atoms with van der Waals surface area (Å²) in [6.07, 6.45) is 0. The number of amides is 2. The summed E-state index contributed by atoms with van der Waals surface area (Å²) in [5.74, 6) is -2.61. The molecule has 1 aliphatic heterocycles.